The SMILES string of the molecule is Nc1[nH]c2cc(C(=O)O)ccc2c1C(=O)O. The molecule has 0 bridgehead atoms. The number of nitrogen functional groups attached to an aromatic ring is 1. The van der Waals surface area contributed by atoms with Crippen LogP contribution in [0, 0.1) is 0 Å². The molecule has 0 atom stereocenters. The number of benzene rings is 1. The van der Waals surface area contributed by atoms with Crippen LogP contribution < -0.4 is 5.73 Å². The Kier molecular flexibility index (Phi) is 2.05. The van der Waals surface area contributed by atoms with E-state index < -0.39 is 11.9 Å². The number of carboxylic acids is 2. The Hall–Kier alpha value is -2.50. The summed E-state index contributed by atoms with van der Waals surface area (Å²) in [5, 5.41) is 18.1. The molecule has 2 aromatic rings. The molecule has 1 aromatic carbocycles. The van der Waals surface area contributed by atoms with Crippen LogP contribution in [0.3, 0.4) is 0 Å². The molecule has 0 aliphatic carbocycles. The van der Waals surface area contributed by atoms with Crippen LogP contribution in [-0.4, -0.2) is 27.1 Å². The van der Waals surface area contributed by atoms with Gasteiger partial charge in [0.25, 0.3) is 0 Å². The third-order valence-corrected chi connectivity index (χ3v) is 2.29. The predicted octanol–water partition coefficient (Wildman–Crippen LogP) is 1.15. The topological polar surface area (TPSA) is 116 Å². The molecule has 0 amide bonds. The first-order valence-electron chi connectivity index (χ1n) is 4.38. The molecule has 0 unspecified atom stereocenters. The Balaban J connectivity index is 2.75. The molecule has 2 rings (SSSR count). The molecular formula is C10H8N2O4. The number of fused-ring (bicyclic) bond motifs is 1. The molecule has 6 nitrogen and oxygen atoms in total. The average Bonchev–Trinajstić information content (AvgIpc) is 2.51. The number of aromatic amines is 1. The minimum atomic E-state index is -1.15. The van der Waals surface area contributed by atoms with Gasteiger partial charge in [-0.15, -0.1) is 0 Å². The highest BCUT2D eigenvalue weighted by atomic mass is 16.4. The summed E-state index contributed by atoms with van der Waals surface area (Å²) < 4.78 is 0. The Labute approximate surface area is 89.3 Å². The van der Waals surface area contributed by atoms with Crippen molar-refractivity contribution in [1.82, 2.24) is 4.98 Å². The van der Waals surface area contributed by atoms with Gasteiger partial charge in [0.15, 0.2) is 0 Å². The molecule has 16 heavy (non-hydrogen) atoms. The van der Waals surface area contributed by atoms with Gasteiger partial charge in [0.2, 0.25) is 0 Å². The number of aromatic carboxylic acids is 2. The smallest absolute Gasteiger partial charge is 0.340 e. The molecular weight excluding hydrogens is 212 g/mol. The molecule has 0 fully saturated rings. The summed E-state index contributed by atoms with van der Waals surface area (Å²) in [6, 6.07) is 4.11. The molecule has 0 radical (unpaired) electrons. The minimum absolute atomic E-state index is 0.0186. The van der Waals surface area contributed by atoms with Gasteiger partial charge in [0, 0.05) is 10.9 Å². The van der Waals surface area contributed by atoms with Crippen molar-refractivity contribution in [2.24, 2.45) is 0 Å². The first-order valence-corrected chi connectivity index (χ1v) is 4.38. The zero-order chi connectivity index (χ0) is 11.9. The Bertz CT molecular complexity index is 600. The van der Waals surface area contributed by atoms with Crippen LogP contribution in [0.4, 0.5) is 5.82 Å². The van der Waals surface area contributed by atoms with Crippen LogP contribution in [0.2, 0.25) is 0 Å². The Morgan fingerprint density at radius 2 is 1.88 bits per heavy atom. The molecule has 0 spiro atoms. The fourth-order valence-electron chi connectivity index (χ4n) is 1.58. The lowest BCUT2D eigenvalue weighted by Crippen LogP contribution is -2.00. The van der Waals surface area contributed by atoms with E-state index in [0.717, 1.165) is 0 Å². The maximum Gasteiger partial charge on any atom is 0.340 e. The molecule has 1 heterocycles. The van der Waals surface area contributed by atoms with Crippen LogP contribution in [0.1, 0.15) is 20.7 Å². The van der Waals surface area contributed by atoms with E-state index in [0.29, 0.717) is 10.9 Å². The summed E-state index contributed by atoms with van der Waals surface area (Å²) in [4.78, 5) is 24.2. The highest BCUT2D eigenvalue weighted by Gasteiger charge is 2.16. The second kappa shape index (κ2) is 3.27. The lowest BCUT2D eigenvalue weighted by molar-refractivity contribution is 0.0688. The third-order valence-electron chi connectivity index (χ3n) is 2.29. The Morgan fingerprint density at radius 3 is 2.44 bits per heavy atom. The number of hydrogen-bond donors (Lipinski definition) is 4. The number of nitrogens with two attached hydrogens (primary N) is 1. The summed E-state index contributed by atoms with van der Waals surface area (Å²) in [5.41, 5.74) is 5.93. The number of H-pyrrole nitrogens is 1. The van der Waals surface area contributed by atoms with Gasteiger partial charge in [-0.05, 0) is 12.1 Å². The van der Waals surface area contributed by atoms with Gasteiger partial charge >= 0.3 is 11.9 Å². The average molecular weight is 220 g/mol. The number of anilines is 1. The van der Waals surface area contributed by atoms with E-state index in [4.69, 9.17) is 15.9 Å². The molecule has 0 aliphatic rings. The molecule has 5 N–H and O–H groups in total. The quantitative estimate of drug-likeness (QED) is 0.605. The highest BCUT2D eigenvalue weighted by Crippen LogP contribution is 2.25. The monoisotopic (exact) mass is 220 g/mol. The number of carboxylic acid groups (broad SMARTS) is 2. The van der Waals surface area contributed by atoms with Crippen LogP contribution in [0.5, 0.6) is 0 Å². The van der Waals surface area contributed by atoms with Gasteiger partial charge in [-0.1, -0.05) is 6.07 Å². The van der Waals surface area contributed by atoms with Crippen LogP contribution >= 0.6 is 0 Å². The van der Waals surface area contributed by atoms with Gasteiger partial charge in [-0.25, -0.2) is 9.59 Å². The number of aromatic nitrogens is 1. The summed E-state index contributed by atoms with van der Waals surface area (Å²) in [6.07, 6.45) is 0. The predicted molar refractivity (Wildman–Crippen MR) is 56.6 cm³/mol. The van der Waals surface area contributed by atoms with Crippen molar-refractivity contribution in [2.45, 2.75) is 0 Å². The zero-order valence-corrected chi connectivity index (χ0v) is 8.02. The van der Waals surface area contributed by atoms with Crippen molar-refractivity contribution in [3.63, 3.8) is 0 Å². The van der Waals surface area contributed by atoms with Crippen molar-refractivity contribution in [2.75, 3.05) is 5.73 Å². The fraction of sp³-hybridized carbons (Fsp3) is 0. The first kappa shape index (κ1) is 10.0. The highest BCUT2D eigenvalue weighted by molar-refractivity contribution is 6.09. The van der Waals surface area contributed by atoms with E-state index in [9.17, 15) is 9.59 Å². The van der Waals surface area contributed by atoms with E-state index in [1.54, 1.807) is 0 Å². The lowest BCUT2D eigenvalue weighted by Gasteiger charge is -1.95. The van der Waals surface area contributed by atoms with E-state index >= 15 is 0 Å². The summed E-state index contributed by atoms with van der Waals surface area (Å²) in [5.74, 6) is -2.20. The van der Waals surface area contributed by atoms with Crippen LogP contribution in [-0.2, 0) is 0 Å². The van der Waals surface area contributed by atoms with Gasteiger partial charge in [0.05, 0.1) is 5.56 Å². The van der Waals surface area contributed by atoms with Gasteiger partial charge in [-0.2, -0.15) is 0 Å². The van der Waals surface area contributed by atoms with Crippen molar-refractivity contribution in [3.05, 3.63) is 29.3 Å². The van der Waals surface area contributed by atoms with Crippen molar-refractivity contribution >= 4 is 28.7 Å². The van der Waals surface area contributed by atoms with Crippen molar-refractivity contribution in [3.8, 4) is 0 Å². The maximum atomic E-state index is 10.9. The third kappa shape index (κ3) is 1.36. The molecule has 1 aromatic heterocycles. The van der Waals surface area contributed by atoms with E-state index in [1.807, 2.05) is 0 Å². The summed E-state index contributed by atoms with van der Waals surface area (Å²) >= 11 is 0. The normalized spacial score (nSPS) is 10.5. The van der Waals surface area contributed by atoms with E-state index in [2.05, 4.69) is 4.98 Å². The van der Waals surface area contributed by atoms with E-state index in [1.165, 1.54) is 18.2 Å². The lowest BCUT2D eigenvalue weighted by atomic mass is 10.1. The second-order valence-electron chi connectivity index (χ2n) is 3.28. The van der Waals surface area contributed by atoms with Crippen molar-refractivity contribution < 1.29 is 19.8 Å². The molecule has 0 aliphatic heterocycles. The Morgan fingerprint density at radius 1 is 1.19 bits per heavy atom. The van der Waals surface area contributed by atoms with Crippen LogP contribution in [0.15, 0.2) is 18.2 Å². The van der Waals surface area contributed by atoms with Crippen molar-refractivity contribution in [1.29, 1.82) is 0 Å². The summed E-state index contributed by atoms with van der Waals surface area (Å²) in [7, 11) is 0. The number of nitrogens with one attached hydrogen (secondary N) is 1. The zero-order valence-electron chi connectivity index (χ0n) is 8.02. The molecule has 6 heteroatoms. The van der Waals surface area contributed by atoms with Gasteiger partial charge < -0.3 is 20.9 Å². The molecule has 0 saturated heterocycles. The van der Waals surface area contributed by atoms with Gasteiger partial charge in [0.1, 0.15) is 11.4 Å². The summed E-state index contributed by atoms with van der Waals surface area (Å²) in [6.45, 7) is 0. The van der Waals surface area contributed by atoms with Crippen LogP contribution in [0.25, 0.3) is 10.9 Å². The number of rotatable bonds is 2. The minimum Gasteiger partial charge on any atom is -0.478 e. The number of carbonyl (C=O) groups is 2. The maximum absolute atomic E-state index is 10.9. The first-order chi connectivity index (χ1) is 7.50. The number of hydrogen-bond acceptors (Lipinski definition) is 3. The molecule has 0 saturated carbocycles. The standard InChI is InChI=1S/C10H8N2O4/c11-8-7(10(15)16)5-2-1-4(9(13)14)3-6(5)12-8/h1-3,12H,11H2,(H,13,14)(H,15,16). The second-order valence-corrected chi connectivity index (χ2v) is 3.28. The fourth-order valence-corrected chi connectivity index (χ4v) is 1.58. The van der Waals surface area contributed by atoms with Gasteiger partial charge in [-0.3, -0.25) is 0 Å². The molecule has 82 valence electrons. The van der Waals surface area contributed by atoms with E-state index in [-0.39, 0.29) is 16.9 Å². The largest absolute Gasteiger partial charge is 0.478 e.